The van der Waals surface area contributed by atoms with E-state index in [4.69, 9.17) is 10.2 Å². The number of hydrogen-bond acceptors (Lipinski definition) is 3. The van der Waals surface area contributed by atoms with Crippen molar-refractivity contribution in [3.63, 3.8) is 0 Å². The maximum Gasteiger partial charge on any atom is 0.292 e. The smallest absolute Gasteiger partial charge is 0.292 e. The summed E-state index contributed by atoms with van der Waals surface area (Å²) in [5.41, 5.74) is 9.57. The second kappa shape index (κ2) is 4.37. The molecule has 0 aliphatic heterocycles. The van der Waals surface area contributed by atoms with E-state index in [0.717, 1.165) is 22.4 Å². The fourth-order valence-corrected chi connectivity index (χ4v) is 1.99. The van der Waals surface area contributed by atoms with Crippen LogP contribution in [0.25, 0.3) is 22.4 Å². The number of anilines is 1. The minimum atomic E-state index is 0.188. The first kappa shape index (κ1) is 10.6. The van der Waals surface area contributed by atoms with E-state index < -0.39 is 0 Å². The molecule has 0 unspecified atom stereocenters. The molecule has 1 aromatic heterocycles. The first-order chi connectivity index (χ1) is 8.84. The molecule has 3 heteroatoms. The summed E-state index contributed by atoms with van der Waals surface area (Å²) in [6.07, 6.45) is 1.58. The van der Waals surface area contributed by atoms with Crippen molar-refractivity contribution in [1.29, 1.82) is 0 Å². The topological polar surface area (TPSA) is 52.0 Å². The van der Waals surface area contributed by atoms with Crippen LogP contribution in [0.2, 0.25) is 0 Å². The van der Waals surface area contributed by atoms with E-state index in [1.165, 1.54) is 0 Å². The molecule has 2 aromatic carbocycles. The lowest BCUT2D eigenvalue weighted by Gasteiger charge is -2.06. The Morgan fingerprint density at radius 1 is 0.833 bits per heavy atom. The second-order valence-corrected chi connectivity index (χ2v) is 3.98. The Kier molecular flexibility index (Phi) is 2.57. The van der Waals surface area contributed by atoms with Gasteiger partial charge in [-0.15, -0.1) is 0 Å². The SMILES string of the molecule is Nc1nc(-c2ccccc2-c2ccccc2)co1. The molecular weight excluding hydrogens is 224 g/mol. The molecule has 18 heavy (non-hydrogen) atoms. The van der Waals surface area contributed by atoms with Crippen LogP contribution in [-0.2, 0) is 0 Å². The van der Waals surface area contributed by atoms with E-state index in [-0.39, 0.29) is 6.01 Å². The van der Waals surface area contributed by atoms with Crippen molar-refractivity contribution in [3.05, 3.63) is 60.9 Å². The van der Waals surface area contributed by atoms with E-state index in [1.807, 2.05) is 36.4 Å². The van der Waals surface area contributed by atoms with Gasteiger partial charge in [0.2, 0.25) is 0 Å². The highest BCUT2D eigenvalue weighted by molar-refractivity contribution is 5.81. The van der Waals surface area contributed by atoms with Crippen LogP contribution in [0.3, 0.4) is 0 Å². The third-order valence-corrected chi connectivity index (χ3v) is 2.81. The van der Waals surface area contributed by atoms with Crippen LogP contribution in [-0.4, -0.2) is 4.98 Å². The zero-order valence-corrected chi connectivity index (χ0v) is 9.71. The van der Waals surface area contributed by atoms with Gasteiger partial charge < -0.3 is 10.2 Å². The molecule has 3 aromatic rings. The van der Waals surface area contributed by atoms with Crippen molar-refractivity contribution < 1.29 is 4.42 Å². The normalized spacial score (nSPS) is 10.4. The van der Waals surface area contributed by atoms with E-state index in [9.17, 15) is 0 Å². The third kappa shape index (κ3) is 1.86. The van der Waals surface area contributed by atoms with Crippen LogP contribution in [0.1, 0.15) is 0 Å². The van der Waals surface area contributed by atoms with Crippen LogP contribution >= 0.6 is 0 Å². The van der Waals surface area contributed by atoms with Crippen molar-refractivity contribution in [1.82, 2.24) is 4.98 Å². The van der Waals surface area contributed by atoms with Gasteiger partial charge in [0.15, 0.2) is 0 Å². The zero-order valence-electron chi connectivity index (χ0n) is 9.71. The van der Waals surface area contributed by atoms with Gasteiger partial charge in [0.05, 0.1) is 0 Å². The summed E-state index contributed by atoms with van der Waals surface area (Å²) in [5.74, 6) is 0. The van der Waals surface area contributed by atoms with Crippen LogP contribution in [0, 0.1) is 0 Å². The molecule has 0 bridgehead atoms. The average molecular weight is 236 g/mol. The summed E-state index contributed by atoms with van der Waals surface area (Å²) >= 11 is 0. The molecule has 0 fully saturated rings. The monoisotopic (exact) mass is 236 g/mol. The molecule has 88 valence electrons. The second-order valence-electron chi connectivity index (χ2n) is 3.98. The number of nitrogen functional groups attached to an aromatic ring is 1. The lowest BCUT2D eigenvalue weighted by Crippen LogP contribution is -1.86. The lowest BCUT2D eigenvalue weighted by molar-refractivity contribution is 0.581. The van der Waals surface area contributed by atoms with Gasteiger partial charge in [-0.2, -0.15) is 4.98 Å². The highest BCUT2D eigenvalue weighted by atomic mass is 16.4. The Hall–Kier alpha value is -2.55. The van der Waals surface area contributed by atoms with Crippen molar-refractivity contribution >= 4 is 6.01 Å². The molecule has 1 heterocycles. The highest BCUT2D eigenvalue weighted by Crippen LogP contribution is 2.31. The first-order valence-electron chi connectivity index (χ1n) is 5.70. The van der Waals surface area contributed by atoms with E-state index in [0.29, 0.717) is 0 Å². The number of hydrogen-bond donors (Lipinski definition) is 1. The number of aromatic nitrogens is 1. The van der Waals surface area contributed by atoms with Crippen LogP contribution in [0.15, 0.2) is 65.3 Å². The fourth-order valence-electron chi connectivity index (χ4n) is 1.99. The van der Waals surface area contributed by atoms with Crippen molar-refractivity contribution in [2.75, 3.05) is 5.73 Å². The molecule has 0 aliphatic carbocycles. The Bertz CT molecular complexity index is 659. The largest absolute Gasteiger partial charge is 0.432 e. The molecule has 0 saturated carbocycles. The summed E-state index contributed by atoms with van der Waals surface area (Å²) in [7, 11) is 0. The van der Waals surface area contributed by atoms with Gasteiger partial charge in [0.25, 0.3) is 6.01 Å². The Morgan fingerprint density at radius 3 is 2.17 bits per heavy atom. The quantitative estimate of drug-likeness (QED) is 0.739. The van der Waals surface area contributed by atoms with Crippen LogP contribution < -0.4 is 5.73 Å². The van der Waals surface area contributed by atoms with Gasteiger partial charge in [-0.25, -0.2) is 0 Å². The fraction of sp³-hybridized carbons (Fsp3) is 0. The third-order valence-electron chi connectivity index (χ3n) is 2.81. The summed E-state index contributed by atoms with van der Waals surface area (Å²) < 4.78 is 5.08. The number of nitrogens with two attached hydrogens (primary N) is 1. The van der Waals surface area contributed by atoms with Crippen molar-refractivity contribution in [2.45, 2.75) is 0 Å². The lowest BCUT2D eigenvalue weighted by atomic mass is 9.98. The zero-order chi connectivity index (χ0) is 12.4. The van der Waals surface area contributed by atoms with Crippen LogP contribution in [0.5, 0.6) is 0 Å². The van der Waals surface area contributed by atoms with E-state index >= 15 is 0 Å². The van der Waals surface area contributed by atoms with E-state index in [2.05, 4.69) is 23.2 Å². The summed E-state index contributed by atoms with van der Waals surface area (Å²) in [5, 5.41) is 0. The van der Waals surface area contributed by atoms with Gasteiger partial charge in [-0.3, -0.25) is 0 Å². The minimum Gasteiger partial charge on any atom is -0.432 e. The molecular formula is C15H12N2O. The van der Waals surface area contributed by atoms with Crippen LogP contribution in [0.4, 0.5) is 6.01 Å². The van der Waals surface area contributed by atoms with Gasteiger partial charge in [-0.1, -0.05) is 54.6 Å². The Morgan fingerprint density at radius 2 is 1.50 bits per heavy atom. The molecule has 2 N–H and O–H groups in total. The highest BCUT2D eigenvalue weighted by Gasteiger charge is 2.09. The molecule has 0 spiro atoms. The Labute approximate surface area is 105 Å². The maximum absolute atomic E-state index is 5.53. The molecule has 0 radical (unpaired) electrons. The average Bonchev–Trinajstić information content (AvgIpc) is 2.86. The maximum atomic E-state index is 5.53. The summed E-state index contributed by atoms with van der Waals surface area (Å²) in [4.78, 5) is 4.18. The predicted octanol–water partition coefficient (Wildman–Crippen LogP) is 3.59. The first-order valence-corrected chi connectivity index (χ1v) is 5.70. The number of rotatable bonds is 2. The number of nitrogens with zero attached hydrogens (tertiary/aromatic N) is 1. The molecule has 3 nitrogen and oxygen atoms in total. The molecule has 0 amide bonds. The van der Waals surface area contributed by atoms with Gasteiger partial charge in [0, 0.05) is 5.56 Å². The Balaban J connectivity index is 2.17. The number of benzene rings is 2. The minimum absolute atomic E-state index is 0.188. The molecule has 0 saturated heterocycles. The van der Waals surface area contributed by atoms with Crippen molar-refractivity contribution in [3.8, 4) is 22.4 Å². The summed E-state index contributed by atoms with van der Waals surface area (Å²) in [6, 6.07) is 18.4. The van der Waals surface area contributed by atoms with Crippen molar-refractivity contribution in [2.24, 2.45) is 0 Å². The predicted molar refractivity (Wildman–Crippen MR) is 71.8 cm³/mol. The standard InChI is InChI=1S/C15H12N2O/c16-15-17-14(10-18-15)13-9-5-4-8-12(13)11-6-2-1-3-7-11/h1-10H,(H2,16,17). The molecule has 0 atom stereocenters. The van der Waals surface area contributed by atoms with Gasteiger partial charge in [-0.05, 0) is 11.1 Å². The molecule has 0 aliphatic rings. The van der Waals surface area contributed by atoms with Gasteiger partial charge in [0.1, 0.15) is 12.0 Å². The van der Waals surface area contributed by atoms with Gasteiger partial charge >= 0.3 is 0 Å². The summed E-state index contributed by atoms with van der Waals surface area (Å²) in [6.45, 7) is 0. The van der Waals surface area contributed by atoms with E-state index in [1.54, 1.807) is 6.26 Å². The number of oxazole rings is 1. The molecule has 3 rings (SSSR count).